The van der Waals surface area contributed by atoms with Crippen molar-refractivity contribution < 1.29 is 19.0 Å². The number of carbonyl (C=O) groups is 1. The van der Waals surface area contributed by atoms with Crippen molar-refractivity contribution in [3.63, 3.8) is 0 Å². The van der Waals surface area contributed by atoms with Crippen LogP contribution in [0.25, 0.3) is 0 Å². The van der Waals surface area contributed by atoms with Crippen LogP contribution in [0, 0.1) is 5.41 Å². The highest BCUT2D eigenvalue weighted by atomic mass is 79.9. The van der Waals surface area contributed by atoms with Gasteiger partial charge in [-0.05, 0) is 59.6 Å². The molecular formula is C22H22BrN3O4. The van der Waals surface area contributed by atoms with Gasteiger partial charge >= 0.3 is 0 Å². The summed E-state index contributed by atoms with van der Waals surface area (Å²) in [6, 6.07) is 9.52. The van der Waals surface area contributed by atoms with E-state index >= 15 is 0 Å². The van der Waals surface area contributed by atoms with Gasteiger partial charge in [-0.25, -0.2) is 4.99 Å². The second-order valence-corrected chi connectivity index (χ2v) is 9.49. The Bertz CT molecular complexity index is 1060. The minimum atomic E-state index is -0.707. The number of ether oxygens (including phenoxy) is 3. The average molecular weight is 472 g/mol. The monoisotopic (exact) mass is 471 g/mol. The van der Waals surface area contributed by atoms with Gasteiger partial charge in [-0.1, -0.05) is 6.07 Å². The molecule has 0 saturated carbocycles. The molecule has 156 valence electrons. The van der Waals surface area contributed by atoms with Crippen LogP contribution >= 0.6 is 15.9 Å². The number of rotatable bonds is 3. The molecule has 1 atom stereocenters. The number of hydrogen-bond acceptors (Lipinski definition) is 7. The zero-order valence-corrected chi connectivity index (χ0v) is 18.4. The number of nitrogens with zero attached hydrogens (tertiary/aromatic N) is 2. The molecule has 2 N–H and O–H groups in total. The van der Waals surface area contributed by atoms with Crippen LogP contribution in [0.15, 0.2) is 46.0 Å². The molecule has 8 heteroatoms. The molecule has 2 aromatic rings. The summed E-state index contributed by atoms with van der Waals surface area (Å²) in [5, 5.41) is 0. The van der Waals surface area contributed by atoms with E-state index in [0.717, 1.165) is 21.3 Å². The van der Waals surface area contributed by atoms with E-state index in [0.29, 0.717) is 25.5 Å². The predicted molar refractivity (Wildman–Crippen MR) is 114 cm³/mol. The number of ketones is 1. The van der Waals surface area contributed by atoms with E-state index in [-0.39, 0.29) is 18.2 Å². The van der Waals surface area contributed by atoms with Crippen molar-refractivity contribution in [2.45, 2.75) is 31.4 Å². The number of amidine groups is 1. The van der Waals surface area contributed by atoms with Gasteiger partial charge in [0.1, 0.15) is 29.2 Å². The normalized spacial score (nSPS) is 25.1. The third kappa shape index (κ3) is 2.63. The Labute approximate surface area is 182 Å². The minimum absolute atomic E-state index is 0.0547. The van der Waals surface area contributed by atoms with Gasteiger partial charge in [0.25, 0.3) is 6.02 Å². The molecule has 3 aliphatic rings. The topological polar surface area (TPSA) is 96.0 Å². The van der Waals surface area contributed by atoms with Crippen LogP contribution in [0.4, 0.5) is 0 Å². The van der Waals surface area contributed by atoms with Crippen LogP contribution in [0.3, 0.4) is 0 Å². The van der Waals surface area contributed by atoms with Gasteiger partial charge in [-0.15, -0.1) is 0 Å². The fraction of sp³-hybridized carbons (Fsp3) is 0.409. The Kier molecular flexibility index (Phi) is 4.24. The molecule has 4 heterocycles. The first kappa shape index (κ1) is 19.5. The van der Waals surface area contributed by atoms with Crippen LogP contribution in [-0.2, 0) is 21.4 Å². The molecule has 0 aliphatic carbocycles. The number of nitrogens with two attached hydrogens (primary N) is 1. The van der Waals surface area contributed by atoms with Crippen molar-refractivity contribution in [1.82, 2.24) is 4.98 Å². The van der Waals surface area contributed by atoms with Gasteiger partial charge in [0.2, 0.25) is 0 Å². The quantitative estimate of drug-likeness (QED) is 0.691. The van der Waals surface area contributed by atoms with Crippen LogP contribution in [0.2, 0.25) is 0 Å². The van der Waals surface area contributed by atoms with Crippen molar-refractivity contribution in [2.24, 2.45) is 16.1 Å². The molecule has 30 heavy (non-hydrogen) atoms. The lowest BCUT2D eigenvalue weighted by atomic mass is 9.55. The summed E-state index contributed by atoms with van der Waals surface area (Å²) in [6.07, 6.45) is 1.85. The first-order valence-electron chi connectivity index (χ1n) is 9.79. The minimum Gasteiger partial charge on any atom is -0.487 e. The third-order valence-electron chi connectivity index (χ3n) is 6.60. The van der Waals surface area contributed by atoms with Gasteiger partial charge in [0, 0.05) is 22.7 Å². The molecular weight excluding hydrogens is 450 g/mol. The van der Waals surface area contributed by atoms with Gasteiger partial charge < -0.3 is 19.9 Å². The number of carbonyl (C=O) groups excluding carboxylic acids is 1. The van der Waals surface area contributed by atoms with Crippen LogP contribution in [-0.4, -0.2) is 42.2 Å². The fourth-order valence-electron chi connectivity index (χ4n) is 4.75. The molecule has 7 nitrogen and oxygen atoms in total. The standard InChI is InChI=1S/C22H22BrN3O4/c1-20(2)21(10-28-11-21)22(12-29-19(24)26-22)15-7-13(3-6-18(15)30-20)8-17(27)16-5-4-14(23)9-25-16/h3-7,9H,8,10-12H2,1-2H3,(H2,24,26). The Morgan fingerprint density at radius 3 is 2.60 bits per heavy atom. The third-order valence-corrected chi connectivity index (χ3v) is 7.07. The SMILES string of the molecule is CC1(C)Oc2ccc(CC(=O)c3ccc(Br)cn3)cc2C2(COC(N)=N2)C12COC2. The molecule has 3 aliphatic heterocycles. The van der Waals surface area contributed by atoms with E-state index in [1.165, 1.54) is 0 Å². The highest BCUT2D eigenvalue weighted by Crippen LogP contribution is 2.62. The molecule has 0 radical (unpaired) electrons. The lowest BCUT2D eigenvalue weighted by Crippen LogP contribution is -2.71. The number of hydrogen-bond donors (Lipinski definition) is 1. The number of Topliss-reactive ketones (excluding diaryl/α,β-unsaturated/α-hetero) is 1. The number of fused-ring (bicyclic) bond motifs is 3. The first-order chi connectivity index (χ1) is 14.3. The van der Waals surface area contributed by atoms with Crippen molar-refractivity contribution in [1.29, 1.82) is 0 Å². The van der Waals surface area contributed by atoms with Gasteiger partial charge in [0.15, 0.2) is 5.78 Å². The smallest absolute Gasteiger partial charge is 0.283 e. The zero-order chi connectivity index (χ0) is 21.1. The second kappa shape index (κ2) is 6.52. The summed E-state index contributed by atoms with van der Waals surface area (Å²) in [7, 11) is 0. The van der Waals surface area contributed by atoms with Gasteiger partial charge in [-0.2, -0.15) is 0 Å². The number of benzene rings is 1. The Hall–Kier alpha value is -2.45. The lowest BCUT2D eigenvalue weighted by Gasteiger charge is -2.61. The van der Waals surface area contributed by atoms with E-state index in [4.69, 9.17) is 24.9 Å². The molecule has 0 amide bonds. The Morgan fingerprint density at radius 1 is 1.20 bits per heavy atom. The molecule has 1 aromatic heterocycles. The summed E-state index contributed by atoms with van der Waals surface area (Å²) in [5.74, 6) is 0.679. The van der Waals surface area contributed by atoms with Crippen LogP contribution < -0.4 is 10.5 Å². The van der Waals surface area contributed by atoms with Gasteiger partial charge in [-0.3, -0.25) is 9.78 Å². The molecule has 1 fully saturated rings. The predicted octanol–water partition coefficient (Wildman–Crippen LogP) is 3.00. The summed E-state index contributed by atoms with van der Waals surface area (Å²) in [5.41, 5.74) is 6.53. The number of halogens is 1. The van der Waals surface area contributed by atoms with Crippen molar-refractivity contribution >= 4 is 27.7 Å². The van der Waals surface area contributed by atoms with Crippen LogP contribution in [0.5, 0.6) is 5.75 Å². The van der Waals surface area contributed by atoms with E-state index in [2.05, 4.69) is 34.8 Å². The summed E-state index contributed by atoms with van der Waals surface area (Å²) in [4.78, 5) is 21.8. The summed E-state index contributed by atoms with van der Waals surface area (Å²) in [6.45, 7) is 5.45. The number of pyridine rings is 1. The largest absolute Gasteiger partial charge is 0.487 e. The number of aromatic nitrogens is 1. The summed E-state index contributed by atoms with van der Waals surface area (Å²) >= 11 is 3.34. The Balaban J connectivity index is 1.56. The van der Waals surface area contributed by atoms with Crippen molar-refractivity contribution in [3.8, 4) is 5.75 Å². The maximum Gasteiger partial charge on any atom is 0.283 e. The maximum absolute atomic E-state index is 12.8. The summed E-state index contributed by atoms with van der Waals surface area (Å²) < 4.78 is 18.5. The zero-order valence-electron chi connectivity index (χ0n) is 16.8. The molecule has 1 saturated heterocycles. The maximum atomic E-state index is 12.8. The fourth-order valence-corrected chi connectivity index (χ4v) is 4.99. The molecule has 1 unspecified atom stereocenters. The van der Waals surface area contributed by atoms with E-state index in [1.807, 2.05) is 24.3 Å². The van der Waals surface area contributed by atoms with E-state index < -0.39 is 16.6 Å². The molecule has 1 aromatic carbocycles. The van der Waals surface area contributed by atoms with Crippen molar-refractivity contribution in [2.75, 3.05) is 19.8 Å². The molecule has 0 bridgehead atoms. The van der Waals surface area contributed by atoms with Gasteiger partial charge in [0.05, 0.1) is 18.6 Å². The molecule has 5 rings (SSSR count). The average Bonchev–Trinajstić information content (AvgIpc) is 3.03. The van der Waals surface area contributed by atoms with E-state index in [1.54, 1.807) is 12.3 Å². The Morgan fingerprint density at radius 2 is 2.00 bits per heavy atom. The van der Waals surface area contributed by atoms with E-state index in [9.17, 15) is 4.79 Å². The first-order valence-corrected chi connectivity index (χ1v) is 10.6. The lowest BCUT2D eigenvalue weighted by molar-refractivity contribution is -0.247. The van der Waals surface area contributed by atoms with Crippen LogP contribution in [0.1, 0.15) is 35.5 Å². The molecule has 2 spiro atoms. The number of aliphatic imine (C=N–C) groups is 1. The highest BCUT2D eigenvalue weighted by Gasteiger charge is 2.71. The van der Waals surface area contributed by atoms with Crippen molar-refractivity contribution in [3.05, 3.63) is 57.8 Å². The second-order valence-electron chi connectivity index (χ2n) is 8.58. The highest BCUT2D eigenvalue weighted by molar-refractivity contribution is 9.10.